The van der Waals surface area contributed by atoms with E-state index in [1.165, 1.54) is 12.0 Å². The van der Waals surface area contributed by atoms with E-state index in [1.54, 1.807) is 23.2 Å². The second-order valence-electron chi connectivity index (χ2n) is 7.07. The van der Waals surface area contributed by atoms with E-state index >= 15 is 0 Å². The van der Waals surface area contributed by atoms with Gasteiger partial charge >= 0.3 is 0 Å². The number of hydrogen-bond donors (Lipinski definition) is 1. The largest absolute Gasteiger partial charge is 0.348 e. The molecule has 0 unspecified atom stereocenters. The fourth-order valence-electron chi connectivity index (χ4n) is 3.90. The zero-order valence-electron chi connectivity index (χ0n) is 14.8. The molecule has 26 heavy (non-hydrogen) atoms. The summed E-state index contributed by atoms with van der Waals surface area (Å²) < 4.78 is 0. The normalized spacial score (nSPS) is 17.0. The molecule has 1 saturated carbocycles. The van der Waals surface area contributed by atoms with E-state index in [1.807, 2.05) is 18.2 Å². The Labute approximate surface area is 153 Å². The molecule has 134 valence electrons. The van der Waals surface area contributed by atoms with Crippen LogP contribution in [0.3, 0.4) is 0 Å². The van der Waals surface area contributed by atoms with Crippen molar-refractivity contribution in [3.63, 3.8) is 0 Å². The maximum Gasteiger partial charge on any atom is 0.270 e. The van der Waals surface area contributed by atoms with Gasteiger partial charge in [0.15, 0.2) is 0 Å². The quantitative estimate of drug-likeness (QED) is 0.924. The van der Waals surface area contributed by atoms with Crippen LogP contribution in [0.2, 0.25) is 0 Å². The number of pyridine rings is 1. The van der Waals surface area contributed by atoms with Gasteiger partial charge in [0.05, 0.1) is 0 Å². The van der Waals surface area contributed by atoms with Gasteiger partial charge in [-0.2, -0.15) is 0 Å². The third kappa shape index (κ3) is 3.34. The van der Waals surface area contributed by atoms with Crippen LogP contribution in [-0.4, -0.2) is 29.4 Å². The number of rotatable bonds is 3. The van der Waals surface area contributed by atoms with Crippen molar-refractivity contribution in [3.8, 4) is 0 Å². The Bertz CT molecular complexity index is 828. The van der Waals surface area contributed by atoms with Crippen LogP contribution >= 0.6 is 0 Å². The number of aromatic nitrogens is 1. The van der Waals surface area contributed by atoms with Gasteiger partial charge in [-0.1, -0.05) is 37.5 Å². The van der Waals surface area contributed by atoms with Crippen LogP contribution < -0.4 is 10.2 Å². The molecule has 1 aliphatic heterocycles. The minimum absolute atomic E-state index is 0.0796. The van der Waals surface area contributed by atoms with Gasteiger partial charge in [0.25, 0.3) is 11.8 Å². The van der Waals surface area contributed by atoms with Gasteiger partial charge in [0, 0.05) is 30.0 Å². The molecule has 1 aromatic carbocycles. The van der Waals surface area contributed by atoms with E-state index in [4.69, 9.17) is 0 Å². The molecular formula is C21H23N3O2. The number of fused-ring (bicyclic) bond motifs is 1. The number of carbonyl (C=O) groups is 2. The highest BCUT2D eigenvalue weighted by molar-refractivity contribution is 6.08. The fourth-order valence-corrected chi connectivity index (χ4v) is 3.90. The van der Waals surface area contributed by atoms with Gasteiger partial charge in [0.1, 0.15) is 5.69 Å². The number of carbonyl (C=O) groups excluding carboxylic acids is 2. The molecule has 5 nitrogen and oxygen atoms in total. The Morgan fingerprint density at radius 2 is 1.88 bits per heavy atom. The maximum absolute atomic E-state index is 12.9. The number of amides is 2. The number of benzene rings is 1. The molecule has 0 bridgehead atoms. The van der Waals surface area contributed by atoms with Crippen molar-refractivity contribution < 1.29 is 9.59 Å². The Morgan fingerprint density at radius 1 is 1.08 bits per heavy atom. The highest BCUT2D eigenvalue weighted by Crippen LogP contribution is 2.28. The minimum Gasteiger partial charge on any atom is -0.348 e. The molecule has 1 N–H and O–H groups in total. The van der Waals surface area contributed by atoms with Crippen LogP contribution in [0.25, 0.3) is 0 Å². The molecule has 0 saturated heterocycles. The molecule has 2 aliphatic rings. The lowest BCUT2D eigenvalue weighted by molar-refractivity contribution is 0.0922. The summed E-state index contributed by atoms with van der Waals surface area (Å²) in [5.74, 6) is -0.266. The van der Waals surface area contributed by atoms with Gasteiger partial charge in [-0.05, 0) is 43.0 Å². The van der Waals surface area contributed by atoms with Crippen molar-refractivity contribution in [2.75, 3.05) is 11.4 Å². The monoisotopic (exact) mass is 349 g/mol. The maximum atomic E-state index is 12.9. The molecule has 1 fully saturated rings. The smallest absolute Gasteiger partial charge is 0.270 e. The summed E-state index contributed by atoms with van der Waals surface area (Å²) in [6.45, 7) is 0.671. The van der Waals surface area contributed by atoms with Gasteiger partial charge in [0.2, 0.25) is 0 Å². The number of hydrogen-bond acceptors (Lipinski definition) is 3. The van der Waals surface area contributed by atoms with E-state index in [-0.39, 0.29) is 17.9 Å². The first-order valence-electron chi connectivity index (χ1n) is 9.39. The second kappa shape index (κ2) is 7.28. The van der Waals surface area contributed by atoms with Crippen molar-refractivity contribution >= 4 is 17.5 Å². The van der Waals surface area contributed by atoms with Gasteiger partial charge in [-0.25, -0.2) is 0 Å². The summed E-state index contributed by atoms with van der Waals surface area (Å²) in [7, 11) is 0. The zero-order chi connectivity index (χ0) is 17.9. The van der Waals surface area contributed by atoms with E-state index in [2.05, 4.69) is 16.4 Å². The Balaban J connectivity index is 1.50. The summed E-state index contributed by atoms with van der Waals surface area (Å²) in [6.07, 6.45) is 8.01. The molecule has 4 rings (SSSR count). The summed E-state index contributed by atoms with van der Waals surface area (Å²) in [4.78, 5) is 31.4. The molecule has 2 aromatic rings. The molecule has 5 heteroatoms. The van der Waals surface area contributed by atoms with Crippen LogP contribution in [0.5, 0.6) is 0 Å². The molecule has 0 spiro atoms. The average Bonchev–Trinajstić information content (AvgIpc) is 3.12. The molecular weight excluding hydrogens is 326 g/mol. The van der Waals surface area contributed by atoms with E-state index in [0.717, 1.165) is 37.8 Å². The van der Waals surface area contributed by atoms with E-state index in [0.29, 0.717) is 17.8 Å². The highest BCUT2D eigenvalue weighted by atomic mass is 16.2. The highest BCUT2D eigenvalue weighted by Gasteiger charge is 2.26. The number of nitrogens with zero attached hydrogens (tertiary/aromatic N) is 2. The molecule has 0 radical (unpaired) electrons. The summed E-state index contributed by atoms with van der Waals surface area (Å²) in [5, 5.41) is 3.06. The summed E-state index contributed by atoms with van der Waals surface area (Å²) in [5.41, 5.74) is 2.96. The SMILES string of the molecule is O=C(NC1CCCCC1)c1cc(C(=O)N2CCc3ccccc32)ccn1. The van der Waals surface area contributed by atoms with Crippen molar-refractivity contribution in [2.24, 2.45) is 0 Å². The third-order valence-corrected chi connectivity index (χ3v) is 5.31. The lowest BCUT2D eigenvalue weighted by atomic mass is 9.95. The lowest BCUT2D eigenvalue weighted by Crippen LogP contribution is -2.36. The Kier molecular flexibility index (Phi) is 4.69. The van der Waals surface area contributed by atoms with Crippen LogP contribution in [0.15, 0.2) is 42.6 Å². The number of anilines is 1. The van der Waals surface area contributed by atoms with Crippen molar-refractivity contribution in [1.82, 2.24) is 10.3 Å². The van der Waals surface area contributed by atoms with Gasteiger partial charge in [-0.15, -0.1) is 0 Å². The first-order valence-corrected chi connectivity index (χ1v) is 9.39. The van der Waals surface area contributed by atoms with Crippen molar-refractivity contribution in [3.05, 3.63) is 59.4 Å². The molecule has 1 aromatic heterocycles. The Hall–Kier alpha value is -2.69. The van der Waals surface area contributed by atoms with E-state index in [9.17, 15) is 9.59 Å². The fraction of sp³-hybridized carbons (Fsp3) is 0.381. The van der Waals surface area contributed by atoms with Crippen molar-refractivity contribution in [1.29, 1.82) is 0 Å². The molecule has 0 atom stereocenters. The standard InChI is InChI=1S/C21H23N3O2/c25-20(23-17-7-2-1-3-8-17)18-14-16(10-12-22-18)21(26)24-13-11-15-6-4-5-9-19(15)24/h4-6,9-10,12,14,17H,1-3,7-8,11,13H2,(H,23,25). The molecule has 1 aliphatic carbocycles. The lowest BCUT2D eigenvalue weighted by Gasteiger charge is -2.22. The van der Waals surface area contributed by atoms with Gasteiger partial charge < -0.3 is 10.2 Å². The van der Waals surface area contributed by atoms with E-state index < -0.39 is 0 Å². The van der Waals surface area contributed by atoms with Gasteiger partial charge in [-0.3, -0.25) is 14.6 Å². The number of para-hydroxylation sites is 1. The zero-order valence-corrected chi connectivity index (χ0v) is 14.8. The number of nitrogens with one attached hydrogen (secondary N) is 1. The summed E-state index contributed by atoms with van der Waals surface area (Å²) >= 11 is 0. The minimum atomic E-state index is -0.187. The van der Waals surface area contributed by atoms with Crippen LogP contribution in [0, 0.1) is 0 Å². The third-order valence-electron chi connectivity index (χ3n) is 5.31. The van der Waals surface area contributed by atoms with Crippen LogP contribution in [0.4, 0.5) is 5.69 Å². The first kappa shape index (κ1) is 16.8. The molecule has 2 heterocycles. The van der Waals surface area contributed by atoms with Crippen LogP contribution in [0.1, 0.15) is 58.5 Å². The first-order chi connectivity index (χ1) is 12.7. The topological polar surface area (TPSA) is 62.3 Å². The van der Waals surface area contributed by atoms with Crippen molar-refractivity contribution in [2.45, 2.75) is 44.6 Å². The average molecular weight is 349 g/mol. The predicted molar refractivity (Wildman–Crippen MR) is 100 cm³/mol. The predicted octanol–water partition coefficient (Wildman–Crippen LogP) is 3.35. The second-order valence-corrected chi connectivity index (χ2v) is 7.07. The Morgan fingerprint density at radius 3 is 2.73 bits per heavy atom. The molecule has 2 amide bonds. The van der Waals surface area contributed by atoms with Crippen LogP contribution in [-0.2, 0) is 6.42 Å². The summed E-state index contributed by atoms with van der Waals surface area (Å²) in [6, 6.07) is 11.5.